The summed E-state index contributed by atoms with van der Waals surface area (Å²) in [7, 11) is 0. The summed E-state index contributed by atoms with van der Waals surface area (Å²) in [5.41, 5.74) is 3.68. The van der Waals surface area contributed by atoms with Gasteiger partial charge >= 0.3 is 0 Å². The number of likely N-dealkylation sites (tertiary alicyclic amines) is 1. The Hall–Kier alpha value is -2.82. The van der Waals surface area contributed by atoms with Gasteiger partial charge in [0.05, 0.1) is 0 Å². The van der Waals surface area contributed by atoms with Gasteiger partial charge in [0, 0.05) is 13.1 Å². The number of ether oxygens (including phenoxy) is 3. The van der Waals surface area contributed by atoms with Gasteiger partial charge in [0.25, 0.3) is 0 Å². The highest BCUT2D eigenvalue weighted by Crippen LogP contribution is 2.34. The van der Waals surface area contributed by atoms with Crippen LogP contribution in [0.2, 0.25) is 0 Å². The summed E-state index contributed by atoms with van der Waals surface area (Å²) in [5, 5.41) is 0. The van der Waals surface area contributed by atoms with E-state index in [1.165, 1.54) is 29.5 Å². The Balaban J connectivity index is 1.31. The van der Waals surface area contributed by atoms with Crippen molar-refractivity contribution < 1.29 is 14.2 Å². The molecule has 2 heterocycles. The minimum Gasteiger partial charge on any atom is -0.454 e. The fourth-order valence-electron chi connectivity index (χ4n) is 4.50. The lowest BCUT2D eigenvalue weighted by Gasteiger charge is -2.38. The summed E-state index contributed by atoms with van der Waals surface area (Å²) < 4.78 is 17.8. The average Bonchev–Trinajstić information content (AvgIpc) is 3.31. The van der Waals surface area contributed by atoms with E-state index in [9.17, 15) is 0 Å². The maximum atomic E-state index is 6.82. The highest BCUT2D eigenvalue weighted by Gasteiger charge is 2.27. The highest BCUT2D eigenvalue weighted by molar-refractivity contribution is 5.44. The van der Waals surface area contributed by atoms with Crippen LogP contribution in [0.3, 0.4) is 0 Å². The molecule has 3 aromatic carbocycles. The van der Waals surface area contributed by atoms with Gasteiger partial charge in [-0.2, -0.15) is 0 Å². The van der Waals surface area contributed by atoms with Crippen LogP contribution in [0.1, 0.15) is 42.1 Å². The van der Waals surface area contributed by atoms with Crippen LogP contribution in [0.5, 0.6) is 11.5 Å². The predicted molar refractivity (Wildman–Crippen MR) is 121 cm³/mol. The summed E-state index contributed by atoms with van der Waals surface area (Å²) in [6.45, 7) is 2.37. The Morgan fingerprint density at radius 1 is 0.839 bits per heavy atom. The maximum absolute atomic E-state index is 6.82. The Labute approximate surface area is 184 Å². The van der Waals surface area contributed by atoms with Gasteiger partial charge < -0.3 is 14.2 Å². The summed E-state index contributed by atoms with van der Waals surface area (Å²) >= 11 is 0. The lowest BCUT2D eigenvalue weighted by Crippen LogP contribution is -2.43. The molecular weight excluding hydrogens is 386 g/mol. The van der Waals surface area contributed by atoms with E-state index in [0.717, 1.165) is 37.4 Å². The van der Waals surface area contributed by atoms with Gasteiger partial charge in [-0.15, -0.1) is 0 Å². The SMILES string of the molecule is c1ccc(C(O[C@@H]2CCCCN2CCc2ccc3c(c2)OCO3)c2ccccc2)cc1. The molecule has 0 unspecified atom stereocenters. The lowest BCUT2D eigenvalue weighted by molar-refractivity contribution is -0.105. The molecule has 160 valence electrons. The van der Waals surface area contributed by atoms with Crippen molar-refractivity contribution in [3.8, 4) is 11.5 Å². The third kappa shape index (κ3) is 4.76. The van der Waals surface area contributed by atoms with Crippen molar-refractivity contribution in [1.82, 2.24) is 4.90 Å². The Morgan fingerprint density at radius 3 is 2.29 bits per heavy atom. The van der Waals surface area contributed by atoms with Crippen LogP contribution in [0.15, 0.2) is 78.9 Å². The number of fused-ring (bicyclic) bond motifs is 1. The molecule has 1 atom stereocenters. The van der Waals surface area contributed by atoms with Crippen LogP contribution >= 0.6 is 0 Å². The number of hydrogen-bond acceptors (Lipinski definition) is 4. The summed E-state index contributed by atoms with van der Waals surface area (Å²) in [6, 6.07) is 27.4. The van der Waals surface area contributed by atoms with Crippen LogP contribution in [-0.4, -0.2) is 31.0 Å². The van der Waals surface area contributed by atoms with E-state index in [2.05, 4.69) is 77.7 Å². The van der Waals surface area contributed by atoms with Crippen LogP contribution in [-0.2, 0) is 11.2 Å². The van der Waals surface area contributed by atoms with Crippen molar-refractivity contribution in [1.29, 1.82) is 0 Å². The van der Waals surface area contributed by atoms with E-state index in [4.69, 9.17) is 14.2 Å². The molecule has 1 saturated heterocycles. The first-order valence-corrected chi connectivity index (χ1v) is 11.2. The molecule has 4 nitrogen and oxygen atoms in total. The Morgan fingerprint density at radius 2 is 1.55 bits per heavy atom. The van der Waals surface area contributed by atoms with Gasteiger partial charge in [-0.3, -0.25) is 4.90 Å². The van der Waals surface area contributed by atoms with Gasteiger partial charge in [-0.25, -0.2) is 0 Å². The first-order valence-electron chi connectivity index (χ1n) is 11.2. The Bertz CT molecular complexity index is 937. The molecule has 2 aliphatic heterocycles. The average molecular weight is 416 g/mol. The molecule has 0 N–H and O–H groups in total. The monoisotopic (exact) mass is 415 g/mol. The first kappa shape index (κ1) is 20.1. The van der Waals surface area contributed by atoms with E-state index in [0.29, 0.717) is 6.79 Å². The molecular formula is C27H29NO3. The van der Waals surface area contributed by atoms with Crippen molar-refractivity contribution in [3.63, 3.8) is 0 Å². The van der Waals surface area contributed by atoms with Gasteiger partial charge in [-0.1, -0.05) is 66.7 Å². The second kappa shape index (κ2) is 9.54. The van der Waals surface area contributed by atoms with Crippen molar-refractivity contribution in [3.05, 3.63) is 95.6 Å². The molecule has 2 aliphatic rings. The lowest BCUT2D eigenvalue weighted by atomic mass is 10.0. The summed E-state index contributed by atoms with van der Waals surface area (Å²) in [4.78, 5) is 2.51. The standard InChI is InChI=1S/C27H29NO3/c1-3-9-22(10-4-1)27(23-11-5-2-6-12-23)31-26-13-7-8-17-28(26)18-16-21-14-15-24-25(19-21)30-20-29-24/h1-6,9-12,14-15,19,26-27H,7-8,13,16-18,20H2/t26-/m1/s1. The minimum atomic E-state index is -0.0569. The largest absolute Gasteiger partial charge is 0.454 e. The number of nitrogens with zero attached hydrogens (tertiary/aromatic N) is 1. The molecule has 5 rings (SSSR count). The highest BCUT2D eigenvalue weighted by atomic mass is 16.7. The second-order valence-corrected chi connectivity index (χ2v) is 8.26. The zero-order valence-corrected chi connectivity index (χ0v) is 17.8. The topological polar surface area (TPSA) is 30.9 Å². The minimum absolute atomic E-state index is 0.0569. The molecule has 3 aromatic rings. The summed E-state index contributed by atoms with van der Waals surface area (Å²) in [5.74, 6) is 1.70. The fraction of sp³-hybridized carbons (Fsp3) is 0.333. The molecule has 0 bridgehead atoms. The molecule has 4 heteroatoms. The van der Waals surface area contributed by atoms with Gasteiger partial charge in [-0.05, 0) is 54.5 Å². The van der Waals surface area contributed by atoms with E-state index < -0.39 is 0 Å². The quantitative estimate of drug-likeness (QED) is 0.504. The number of hydrogen-bond donors (Lipinski definition) is 0. The number of benzene rings is 3. The van der Waals surface area contributed by atoms with Gasteiger partial charge in [0.15, 0.2) is 11.5 Å². The summed E-state index contributed by atoms with van der Waals surface area (Å²) in [6.07, 6.45) is 4.53. The van der Waals surface area contributed by atoms with E-state index in [1.54, 1.807) is 0 Å². The smallest absolute Gasteiger partial charge is 0.231 e. The molecule has 0 spiro atoms. The van der Waals surface area contributed by atoms with Gasteiger partial charge in [0.1, 0.15) is 12.3 Å². The fourth-order valence-corrected chi connectivity index (χ4v) is 4.50. The zero-order chi connectivity index (χ0) is 20.9. The molecule has 0 radical (unpaired) electrons. The van der Waals surface area contributed by atoms with Crippen LogP contribution in [0, 0.1) is 0 Å². The third-order valence-electron chi connectivity index (χ3n) is 6.18. The second-order valence-electron chi connectivity index (χ2n) is 8.26. The van der Waals surface area contributed by atoms with E-state index >= 15 is 0 Å². The third-order valence-corrected chi connectivity index (χ3v) is 6.18. The molecule has 0 amide bonds. The van der Waals surface area contributed by atoms with Gasteiger partial charge in [0.2, 0.25) is 6.79 Å². The maximum Gasteiger partial charge on any atom is 0.231 e. The van der Waals surface area contributed by atoms with Crippen molar-refractivity contribution >= 4 is 0 Å². The van der Waals surface area contributed by atoms with Crippen LogP contribution < -0.4 is 9.47 Å². The molecule has 1 fully saturated rings. The van der Waals surface area contributed by atoms with Crippen LogP contribution in [0.25, 0.3) is 0 Å². The van der Waals surface area contributed by atoms with Crippen molar-refractivity contribution in [2.24, 2.45) is 0 Å². The van der Waals surface area contributed by atoms with Crippen LogP contribution in [0.4, 0.5) is 0 Å². The van der Waals surface area contributed by atoms with E-state index in [-0.39, 0.29) is 12.3 Å². The zero-order valence-electron chi connectivity index (χ0n) is 17.8. The molecule has 0 aliphatic carbocycles. The number of rotatable bonds is 7. The normalized spacial score (nSPS) is 18.4. The van der Waals surface area contributed by atoms with E-state index in [1.807, 2.05) is 6.07 Å². The molecule has 0 aromatic heterocycles. The molecule has 0 saturated carbocycles. The predicted octanol–water partition coefficient (Wildman–Crippen LogP) is 5.58. The molecule has 31 heavy (non-hydrogen) atoms. The Kier molecular flexibility index (Phi) is 6.19. The van der Waals surface area contributed by atoms with Crippen molar-refractivity contribution in [2.75, 3.05) is 19.9 Å². The first-order chi connectivity index (χ1) is 15.4. The number of piperidine rings is 1. The van der Waals surface area contributed by atoms with Crippen molar-refractivity contribution in [2.45, 2.75) is 38.0 Å².